The molecule has 0 saturated carbocycles. The van der Waals surface area contributed by atoms with Crippen LogP contribution in [0.5, 0.6) is 0 Å². The van der Waals surface area contributed by atoms with Gasteiger partial charge in [-0.15, -0.1) is 0 Å². The van der Waals surface area contributed by atoms with Crippen LogP contribution in [0, 0.1) is 5.92 Å². The molecular weight excluding hydrogens is 250 g/mol. The fourth-order valence-electron chi connectivity index (χ4n) is 3.56. The second kappa shape index (κ2) is 7.74. The Morgan fingerprint density at radius 3 is 2.60 bits per heavy atom. The lowest BCUT2D eigenvalue weighted by Gasteiger charge is -2.40. The Hall–Kier alpha value is -0.160. The summed E-state index contributed by atoms with van der Waals surface area (Å²) in [5, 5.41) is 13.3. The summed E-state index contributed by atoms with van der Waals surface area (Å²) in [4.78, 5) is 4.97. The minimum atomic E-state index is -0.0501. The molecule has 0 amide bonds. The van der Waals surface area contributed by atoms with E-state index in [0.29, 0.717) is 12.1 Å². The predicted molar refractivity (Wildman–Crippen MR) is 84.0 cm³/mol. The van der Waals surface area contributed by atoms with Gasteiger partial charge in [0, 0.05) is 31.7 Å². The average molecular weight is 283 g/mol. The maximum Gasteiger partial charge on any atom is 0.0564 e. The Morgan fingerprint density at radius 2 is 1.90 bits per heavy atom. The lowest BCUT2D eigenvalue weighted by molar-refractivity contribution is 0.0811. The van der Waals surface area contributed by atoms with Crippen LogP contribution in [0.4, 0.5) is 0 Å². The fourth-order valence-corrected chi connectivity index (χ4v) is 3.56. The Labute approximate surface area is 124 Å². The molecule has 4 heteroatoms. The summed E-state index contributed by atoms with van der Waals surface area (Å²) in [5.74, 6) is 0.751. The van der Waals surface area contributed by atoms with Crippen molar-refractivity contribution in [3.63, 3.8) is 0 Å². The number of hydrogen-bond donors (Lipinski definition) is 2. The first-order chi connectivity index (χ1) is 9.56. The van der Waals surface area contributed by atoms with Crippen molar-refractivity contribution in [3.05, 3.63) is 0 Å². The summed E-state index contributed by atoms with van der Waals surface area (Å²) in [5.41, 5.74) is 0. The third kappa shape index (κ3) is 4.69. The zero-order chi connectivity index (χ0) is 14.5. The van der Waals surface area contributed by atoms with Gasteiger partial charge in [-0.3, -0.25) is 0 Å². The van der Waals surface area contributed by atoms with Crippen LogP contribution in [-0.4, -0.2) is 72.9 Å². The van der Waals surface area contributed by atoms with Gasteiger partial charge in [0.1, 0.15) is 0 Å². The first-order valence-electron chi connectivity index (χ1n) is 8.40. The van der Waals surface area contributed by atoms with Crippen LogP contribution in [0.3, 0.4) is 0 Å². The normalized spacial score (nSPS) is 34.5. The lowest BCUT2D eigenvalue weighted by Crippen LogP contribution is -2.51. The third-order valence-corrected chi connectivity index (χ3v) is 5.23. The quantitative estimate of drug-likeness (QED) is 0.743. The molecule has 2 heterocycles. The van der Waals surface area contributed by atoms with Crippen molar-refractivity contribution < 1.29 is 5.11 Å². The summed E-state index contributed by atoms with van der Waals surface area (Å²) in [6.45, 7) is 10.4. The van der Waals surface area contributed by atoms with E-state index in [1.807, 2.05) is 0 Å². The number of aliphatic hydroxyl groups excluding tert-OH is 1. The molecule has 0 aromatic carbocycles. The molecule has 0 aromatic rings. The molecule has 4 nitrogen and oxygen atoms in total. The Kier molecular flexibility index (Phi) is 6.27. The number of piperidine rings is 2. The molecule has 2 aliphatic rings. The first-order valence-corrected chi connectivity index (χ1v) is 8.40. The molecule has 2 saturated heterocycles. The summed E-state index contributed by atoms with van der Waals surface area (Å²) < 4.78 is 0. The van der Waals surface area contributed by atoms with E-state index in [1.165, 1.54) is 25.9 Å². The summed E-state index contributed by atoms with van der Waals surface area (Å²) >= 11 is 0. The summed E-state index contributed by atoms with van der Waals surface area (Å²) in [7, 11) is 2.24. The topological polar surface area (TPSA) is 38.7 Å². The molecule has 2 fully saturated rings. The third-order valence-electron chi connectivity index (χ3n) is 5.23. The molecule has 3 unspecified atom stereocenters. The van der Waals surface area contributed by atoms with Gasteiger partial charge < -0.3 is 20.2 Å². The molecule has 0 bridgehead atoms. The molecule has 0 aromatic heterocycles. The largest absolute Gasteiger partial charge is 0.393 e. The van der Waals surface area contributed by atoms with E-state index < -0.39 is 0 Å². The van der Waals surface area contributed by atoms with Crippen molar-refractivity contribution in [1.82, 2.24) is 15.1 Å². The number of likely N-dealkylation sites (tertiary alicyclic amines) is 2. The molecule has 0 radical (unpaired) electrons. The summed E-state index contributed by atoms with van der Waals surface area (Å²) in [6.07, 6.45) is 4.36. The van der Waals surface area contributed by atoms with Crippen molar-refractivity contribution in [2.24, 2.45) is 5.92 Å². The van der Waals surface area contributed by atoms with Crippen LogP contribution >= 0.6 is 0 Å². The second-order valence-corrected chi connectivity index (χ2v) is 6.99. The van der Waals surface area contributed by atoms with Crippen LogP contribution in [0.2, 0.25) is 0 Å². The van der Waals surface area contributed by atoms with Gasteiger partial charge in [-0.2, -0.15) is 0 Å². The van der Waals surface area contributed by atoms with Gasteiger partial charge in [-0.05, 0) is 58.7 Å². The maximum atomic E-state index is 9.50. The van der Waals surface area contributed by atoms with Crippen molar-refractivity contribution in [2.45, 2.75) is 57.7 Å². The summed E-state index contributed by atoms with van der Waals surface area (Å²) in [6, 6.07) is 1.39. The van der Waals surface area contributed by atoms with Crippen LogP contribution in [0.15, 0.2) is 0 Å². The second-order valence-electron chi connectivity index (χ2n) is 6.99. The van der Waals surface area contributed by atoms with E-state index in [-0.39, 0.29) is 6.10 Å². The van der Waals surface area contributed by atoms with Crippen molar-refractivity contribution >= 4 is 0 Å². The maximum absolute atomic E-state index is 9.50. The highest BCUT2D eigenvalue weighted by atomic mass is 16.3. The Morgan fingerprint density at radius 1 is 1.20 bits per heavy atom. The number of aliphatic hydroxyl groups is 1. The minimum absolute atomic E-state index is 0.0501. The zero-order valence-electron chi connectivity index (χ0n) is 13.5. The zero-order valence-corrected chi connectivity index (χ0v) is 13.5. The number of nitrogens with zero attached hydrogens (tertiary/aromatic N) is 2. The van der Waals surface area contributed by atoms with E-state index in [9.17, 15) is 5.11 Å². The molecular formula is C16H33N3O. The van der Waals surface area contributed by atoms with Gasteiger partial charge in [0.2, 0.25) is 0 Å². The van der Waals surface area contributed by atoms with Gasteiger partial charge in [0.25, 0.3) is 0 Å². The van der Waals surface area contributed by atoms with Crippen LogP contribution in [0.25, 0.3) is 0 Å². The van der Waals surface area contributed by atoms with Crippen LogP contribution in [0.1, 0.15) is 39.5 Å². The Balaban J connectivity index is 1.59. The molecule has 118 valence electrons. The fraction of sp³-hybridized carbons (Fsp3) is 1.00. The molecule has 2 N–H and O–H groups in total. The molecule has 2 aliphatic heterocycles. The van der Waals surface area contributed by atoms with Crippen LogP contribution < -0.4 is 5.32 Å². The number of hydrogen-bond acceptors (Lipinski definition) is 4. The first kappa shape index (κ1) is 16.2. The van der Waals surface area contributed by atoms with Crippen LogP contribution in [-0.2, 0) is 0 Å². The molecule has 2 rings (SSSR count). The molecule has 3 atom stereocenters. The highest BCUT2D eigenvalue weighted by Gasteiger charge is 2.28. The SMILES string of the molecule is CC1CN(C)C(C)CC1NCCCN1CCC(O)CC1. The van der Waals surface area contributed by atoms with E-state index >= 15 is 0 Å². The monoisotopic (exact) mass is 283 g/mol. The van der Waals surface area contributed by atoms with Gasteiger partial charge in [0.15, 0.2) is 0 Å². The average Bonchev–Trinajstić information content (AvgIpc) is 2.42. The van der Waals surface area contributed by atoms with Gasteiger partial charge in [0.05, 0.1) is 6.10 Å². The highest BCUT2D eigenvalue weighted by Crippen LogP contribution is 2.20. The van der Waals surface area contributed by atoms with Gasteiger partial charge in [-0.1, -0.05) is 6.92 Å². The van der Waals surface area contributed by atoms with Crippen molar-refractivity contribution in [3.8, 4) is 0 Å². The number of nitrogens with one attached hydrogen (secondary N) is 1. The van der Waals surface area contributed by atoms with E-state index in [2.05, 4.69) is 36.0 Å². The molecule has 0 spiro atoms. The van der Waals surface area contributed by atoms with E-state index in [0.717, 1.165) is 38.4 Å². The van der Waals surface area contributed by atoms with Gasteiger partial charge >= 0.3 is 0 Å². The van der Waals surface area contributed by atoms with E-state index in [4.69, 9.17) is 0 Å². The standard InChI is InChI=1S/C16H33N3O/c1-13-12-18(3)14(2)11-16(13)17-7-4-8-19-9-5-15(20)6-10-19/h13-17,20H,4-12H2,1-3H3. The lowest BCUT2D eigenvalue weighted by atomic mass is 9.90. The predicted octanol–water partition coefficient (Wildman–Crippen LogP) is 1.15. The van der Waals surface area contributed by atoms with Crippen molar-refractivity contribution in [2.75, 3.05) is 39.8 Å². The molecule has 0 aliphatic carbocycles. The Bertz CT molecular complexity index is 279. The van der Waals surface area contributed by atoms with Gasteiger partial charge in [-0.25, -0.2) is 0 Å². The smallest absolute Gasteiger partial charge is 0.0564 e. The minimum Gasteiger partial charge on any atom is -0.393 e. The molecule has 20 heavy (non-hydrogen) atoms. The van der Waals surface area contributed by atoms with Crippen molar-refractivity contribution in [1.29, 1.82) is 0 Å². The van der Waals surface area contributed by atoms with E-state index in [1.54, 1.807) is 0 Å². The number of rotatable bonds is 5. The highest BCUT2D eigenvalue weighted by molar-refractivity contribution is 4.86.